The van der Waals surface area contributed by atoms with E-state index in [2.05, 4.69) is 17.9 Å². The van der Waals surface area contributed by atoms with E-state index in [9.17, 15) is 9.59 Å². The number of thiol groups is 1. The second kappa shape index (κ2) is 8.64. The summed E-state index contributed by atoms with van der Waals surface area (Å²) in [5.74, 6) is 0. The predicted octanol–water partition coefficient (Wildman–Crippen LogP) is 2.76. The topological polar surface area (TPSA) is 49.4 Å². The molecule has 5 heteroatoms. The molecule has 0 heterocycles. The first-order valence-corrected chi connectivity index (χ1v) is 5.66. The first-order chi connectivity index (χ1) is 8.02. The summed E-state index contributed by atoms with van der Waals surface area (Å²) in [7, 11) is 1.46. The van der Waals surface area contributed by atoms with Crippen LogP contribution in [0.4, 0.5) is 9.59 Å². The van der Waals surface area contributed by atoms with Crippen LogP contribution in [-0.4, -0.2) is 29.8 Å². The number of hydrogen-bond donors (Lipinski definition) is 2. The molecule has 0 aliphatic carbocycles. The maximum atomic E-state index is 11.3. The third-order valence-corrected chi connectivity index (χ3v) is 2.28. The van der Waals surface area contributed by atoms with E-state index in [0.29, 0.717) is 0 Å². The maximum absolute atomic E-state index is 11.3. The zero-order valence-corrected chi connectivity index (χ0v) is 11.2. The van der Waals surface area contributed by atoms with Gasteiger partial charge in [0.25, 0.3) is 5.24 Å². The van der Waals surface area contributed by atoms with Crippen molar-refractivity contribution in [1.82, 2.24) is 10.2 Å². The van der Waals surface area contributed by atoms with Gasteiger partial charge in [-0.15, -0.1) is 0 Å². The summed E-state index contributed by atoms with van der Waals surface area (Å²) < 4.78 is 0. The highest BCUT2D eigenvalue weighted by atomic mass is 32.1. The van der Waals surface area contributed by atoms with Crippen molar-refractivity contribution in [2.75, 3.05) is 13.6 Å². The first-order valence-electron chi connectivity index (χ1n) is 5.21. The SMILES string of the molecule is C\C=C(C)/C=C\C=C\CN(C(=O)S)C(=O)NC. The lowest BCUT2D eigenvalue weighted by Crippen LogP contribution is -2.39. The number of hydrogen-bond acceptors (Lipinski definition) is 2. The van der Waals surface area contributed by atoms with Crippen molar-refractivity contribution < 1.29 is 9.59 Å². The fourth-order valence-corrected chi connectivity index (χ4v) is 1.10. The number of rotatable bonds is 4. The predicted molar refractivity (Wildman–Crippen MR) is 73.3 cm³/mol. The van der Waals surface area contributed by atoms with Gasteiger partial charge in [-0.2, -0.15) is 0 Å². The highest BCUT2D eigenvalue weighted by Crippen LogP contribution is 1.98. The Labute approximate surface area is 107 Å². The second-order valence-electron chi connectivity index (χ2n) is 3.27. The Morgan fingerprint density at radius 1 is 1.35 bits per heavy atom. The van der Waals surface area contributed by atoms with Crippen molar-refractivity contribution in [3.05, 3.63) is 36.0 Å². The van der Waals surface area contributed by atoms with E-state index < -0.39 is 11.3 Å². The summed E-state index contributed by atoms with van der Waals surface area (Å²) >= 11 is 3.62. The molecule has 0 aliphatic rings. The summed E-state index contributed by atoms with van der Waals surface area (Å²) in [6.07, 6.45) is 9.25. The van der Waals surface area contributed by atoms with E-state index in [1.54, 1.807) is 12.2 Å². The largest absolute Gasteiger partial charge is 0.341 e. The molecule has 0 aliphatic heterocycles. The van der Waals surface area contributed by atoms with Crippen molar-refractivity contribution in [3.8, 4) is 0 Å². The Morgan fingerprint density at radius 2 is 2.00 bits per heavy atom. The van der Waals surface area contributed by atoms with Gasteiger partial charge in [-0.1, -0.05) is 48.6 Å². The minimum absolute atomic E-state index is 0.196. The number of amides is 3. The van der Waals surface area contributed by atoms with Gasteiger partial charge < -0.3 is 5.32 Å². The monoisotopic (exact) mass is 254 g/mol. The Bertz CT molecular complexity index is 360. The van der Waals surface area contributed by atoms with Gasteiger partial charge >= 0.3 is 6.03 Å². The molecule has 0 saturated carbocycles. The van der Waals surface area contributed by atoms with E-state index in [-0.39, 0.29) is 6.54 Å². The Hall–Kier alpha value is -1.49. The third-order valence-electron chi connectivity index (χ3n) is 2.04. The van der Waals surface area contributed by atoms with Crippen molar-refractivity contribution in [2.45, 2.75) is 13.8 Å². The molecule has 0 aromatic heterocycles. The zero-order chi connectivity index (χ0) is 13.3. The Balaban J connectivity index is 4.32. The summed E-state index contributed by atoms with van der Waals surface area (Å²) in [6, 6.07) is -0.469. The smallest absolute Gasteiger partial charge is 0.324 e. The van der Waals surface area contributed by atoms with Gasteiger partial charge in [0.1, 0.15) is 0 Å². The minimum Gasteiger partial charge on any atom is -0.341 e. The first kappa shape index (κ1) is 15.5. The molecule has 0 aromatic carbocycles. The maximum Gasteiger partial charge on any atom is 0.324 e. The number of carbonyl (C=O) groups excluding carboxylic acids is 2. The molecule has 0 fully saturated rings. The number of nitrogens with zero attached hydrogens (tertiary/aromatic N) is 1. The van der Waals surface area contributed by atoms with Crippen molar-refractivity contribution in [1.29, 1.82) is 0 Å². The van der Waals surface area contributed by atoms with Crippen molar-refractivity contribution in [3.63, 3.8) is 0 Å². The van der Waals surface area contributed by atoms with Crippen molar-refractivity contribution >= 4 is 23.9 Å². The number of imide groups is 1. The molecule has 1 N–H and O–H groups in total. The molecule has 0 rings (SSSR count). The molecule has 0 bridgehead atoms. The third kappa shape index (κ3) is 6.63. The van der Waals surface area contributed by atoms with Gasteiger partial charge in [-0.05, 0) is 13.8 Å². The van der Waals surface area contributed by atoms with Gasteiger partial charge in [-0.25, -0.2) is 4.79 Å². The molecule has 0 unspecified atom stereocenters. The molecule has 3 amide bonds. The molecular weight excluding hydrogens is 236 g/mol. The lowest BCUT2D eigenvalue weighted by Gasteiger charge is -2.14. The molecule has 94 valence electrons. The highest BCUT2D eigenvalue weighted by Gasteiger charge is 2.14. The molecule has 0 saturated heterocycles. The van der Waals surface area contributed by atoms with E-state index in [1.807, 2.05) is 32.1 Å². The van der Waals surface area contributed by atoms with Crippen LogP contribution in [0.25, 0.3) is 0 Å². The van der Waals surface area contributed by atoms with Gasteiger partial charge in [-0.3, -0.25) is 9.69 Å². The standard InChI is InChI=1S/C12H18N2O2S/c1-4-10(2)8-6-5-7-9-14(12(16)17)11(15)13-3/h4-8H,9H2,1-3H3,(H,13,15)(H,16,17)/b7-5+,8-6-,10-4-. The van der Waals surface area contributed by atoms with Crippen LogP contribution in [0.15, 0.2) is 36.0 Å². The average molecular weight is 254 g/mol. The van der Waals surface area contributed by atoms with Gasteiger partial charge in [0.15, 0.2) is 0 Å². The molecule has 0 aromatic rings. The molecule has 4 nitrogen and oxygen atoms in total. The van der Waals surface area contributed by atoms with Crippen LogP contribution in [0.3, 0.4) is 0 Å². The van der Waals surface area contributed by atoms with Crippen LogP contribution >= 0.6 is 12.6 Å². The van der Waals surface area contributed by atoms with Crippen LogP contribution in [0, 0.1) is 0 Å². The fraction of sp³-hybridized carbons (Fsp3) is 0.333. The molecule has 0 spiro atoms. The van der Waals surface area contributed by atoms with Gasteiger partial charge in [0.05, 0.1) is 0 Å². The van der Waals surface area contributed by atoms with E-state index in [1.165, 1.54) is 7.05 Å². The van der Waals surface area contributed by atoms with Crippen LogP contribution in [0.1, 0.15) is 13.8 Å². The number of allylic oxidation sites excluding steroid dienone is 5. The second-order valence-corrected chi connectivity index (χ2v) is 3.65. The summed E-state index contributed by atoms with van der Waals surface area (Å²) in [4.78, 5) is 23.3. The van der Waals surface area contributed by atoms with Crippen molar-refractivity contribution in [2.24, 2.45) is 0 Å². The van der Waals surface area contributed by atoms with Crippen LogP contribution in [-0.2, 0) is 0 Å². The normalized spacial score (nSPS) is 12.1. The molecule has 0 radical (unpaired) electrons. The van der Waals surface area contributed by atoms with Crippen LogP contribution in [0.2, 0.25) is 0 Å². The molecule has 17 heavy (non-hydrogen) atoms. The fourth-order valence-electron chi connectivity index (χ4n) is 0.931. The summed E-state index contributed by atoms with van der Waals surface area (Å²) in [5.41, 5.74) is 1.14. The molecular formula is C12H18N2O2S. The molecule has 0 atom stereocenters. The Kier molecular flexibility index (Phi) is 7.88. The summed E-state index contributed by atoms with van der Waals surface area (Å²) in [5, 5.41) is 1.79. The van der Waals surface area contributed by atoms with Gasteiger partial charge in [0.2, 0.25) is 0 Å². The highest BCUT2D eigenvalue weighted by molar-refractivity contribution is 7.96. The van der Waals surface area contributed by atoms with E-state index >= 15 is 0 Å². The van der Waals surface area contributed by atoms with Crippen LogP contribution in [0.5, 0.6) is 0 Å². The number of carbonyl (C=O) groups is 2. The lowest BCUT2D eigenvalue weighted by atomic mass is 10.2. The lowest BCUT2D eigenvalue weighted by molar-refractivity contribution is 0.205. The Morgan fingerprint density at radius 3 is 2.47 bits per heavy atom. The number of nitrogens with one attached hydrogen (secondary N) is 1. The quantitative estimate of drug-likeness (QED) is 0.598. The van der Waals surface area contributed by atoms with Crippen LogP contribution < -0.4 is 5.32 Å². The van der Waals surface area contributed by atoms with E-state index in [0.717, 1.165) is 10.5 Å². The zero-order valence-electron chi connectivity index (χ0n) is 10.3. The minimum atomic E-state index is -0.581. The average Bonchev–Trinajstić information content (AvgIpc) is 2.31. The van der Waals surface area contributed by atoms with E-state index in [4.69, 9.17) is 0 Å². The summed E-state index contributed by atoms with van der Waals surface area (Å²) in [6.45, 7) is 4.13. The number of urea groups is 1. The van der Waals surface area contributed by atoms with Gasteiger partial charge in [0, 0.05) is 13.6 Å².